The summed E-state index contributed by atoms with van der Waals surface area (Å²) in [5.41, 5.74) is 1.92. The van der Waals surface area contributed by atoms with Crippen LogP contribution < -0.4 is 14.8 Å². The molecule has 4 nitrogen and oxygen atoms in total. The van der Waals surface area contributed by atoms with E-state index in [2.05, 4.69) is 10.2 Å². The minimum absolute atomic E-state index is 0.0827. The Labute approximate surface area is 148 Å². The summed E-state index contributed by atoms with van der Waals surface area (Å²) in [4.78, 5) is 2.38. The lowest BCUT2D eigenvalue weighted by Gasteiger charge is -2.32. The van der Waals surface area contributed by atoms with Crippen LogP contribution in [0, 0.1) is 5.82 Å². The normalized spacial score (nSPS) is 16.9. The Morgan fingerprint density at radius 1 is 1.04 bits per heavy atom. The molecule has 0 radical (unpaired) electrons. The lowest BCUT2D eigenvalue weighted by atomic mass is 9.95. The number of rotatable bonds is 5. The van der Waals surface area contributed by atoms with E-state index in [1.165, 1.54) is 6.07 Å². The summed E-state index contributed by atoms with van der Waals surface area (Å²) in [5, 5.41) is 3.43. The molecule has 2 aromatic carbocycles. The number of hydrogen-bond donors (Lipinski definition) is 1. The zero-order valence-corrected chi connectivity index (χ0v) is 14.8. The van der Waals surface area contributed by atoms with Gasteiger partial charge in [-0.15, -0.1) is 0 Å². The van der Waals surface area contributed by atoms with Crippen LogP contribution in [0.1, 0.15) is 23.6 Å². The van der Waals surface area contributed by atoms with Crippen LogP contribution in [0.15, 0.2) is 42.5 Å². The Kier molecular flexibility index (Phi) is 5.89. The van der Waals surface area contributed by atoms with Gasteiger partial charge in [0.1, 0.15) is 5.82 Å². The van der Waals surface area contributed by atoms with Crippen molar-refractivity contribution in [3.8, 4) is 11.5 Å². The SMILES string of the molecule is COc1cccc(C(c2cccc(F)c2)N2CCCNCC2)c1OC. The van der Waals surface area contributed by atoms with Crippen molar-refractivity contribution in [2.45, 2.75) is 12.5 Å². The predicted molar refractivity (Wildman–Crippen MR) is 96.8 cm³/mol. The van der Waals surface area contributed by atoms with Gasteiger partial charge < -0.3 is 14.8 Å². The lowest BCUT2D eigenvalue weighted by molar-refractivity contribution is 0.234. The van der Waals surface area contributed by atoms with E-state index in [0.717, 1.165) is 43.7 Å². The molecular weight excluding hydrogens is 319 g/mol. The molecule has 0 saturated carbocycles. The molecule has 1 saturated heterocycles. The number of methoxy groups -OCH3 is 2. The van der Waals surface area contributed by atoms with Crippen molar-refractivity contribution in [1.82, 2.24) is 10.2 Å². The van der Waals surface area contributed by atoms with Gasteiger partial charge in [0, 0.05) is 25.2 Å². The molecule has 0 aromatic heterocycles. The molecule has 5 heteroatoms. The number of benzene rings is 2. The van der Waals surface area contributed by atoms with Crippen molar-refractivity contribution in [3.63, 3.8) is 0 Å². The summed E-state index contributed by atoms with van der Waals surface area (Å²) in [5.74, 6) is 1.17. The highest BCUT2D eigenvalue weighted by Gasteiger charge is 2.27. The van der Waals surface area contributed by atoms with Crippen LogP contribution >= 0.6 is 0 Å². The first kappa shape index (κ1) is 17.7. The summed E-state index contributed by atoms with van der Waals surface area (Å²) >= 11 is 0. The van der Waals surface area contributed by atoms with Crippen molar-refractivity contribution in [2.24, 2.45) is 0 Å². The van der Waals surface area contributed by atoms with E-state index in [4.69, 9.17) is 9.47 Å². The van der Waals surface area contributed by atoms with Gasteiger partial charge in [-0.25, -0.2) is 4.39 Å². The Morgan fingerprint density at radius 2 is 1.88 bits per heavy atom. The topological polar surface area (TPSA) is 33.7 Å². The van der Waals surface area contributed by atoms with Crippen molar-refractivity contribution in [3.05, 3.63) is 59.4 Å². The Balaban J connectivity index is 2.11. The Hall–Kier alpha value is -2.11. The zero-order valence-electron chi connectivity index (χ0n) is 14.8. The van der Waals surface area contributed by atoms with Crippen LogP contribution in [-0.2, 0) is 0 Å². The minimum Gasteiger partial charge on any atom is -0.493 e. The molecule has 1 unspecified atom stereocenters. The second-order valence-corrected chi connectivity index (χ2v) is 6.18. The summed E-state index contributed by atoms with van der Waals surface area (Å²) in [6.45, 7) is 3.75. The molecule has 0 spiro atoms. The molecular formula is C20H25FN2O2. The minimum atomic E-state index is -0.225. The number of nitrogens with one attached hydrogen (secondary N) is 1. The maximum atomic E-state index is 13.9. The van der Waals surface area contributed by atoms with Gasteiger partial charge in [0.05, 0.1) is 20.3 Å². The summed E-state index contributed by atoms with van der Waals surface area (Å²) in [6.07, 6.45) is 1.05. The van der Waals surface area contributed by atoms with E-state index in [9.17, 15) is 4.39 Å². The van der Waals surface area contributed by atoms with Gasteiger partial charge in [-0.1, -0.05) is 24.3 Å². The van der Waals surface area contributed by atoms with E-state index in [-0.39, 0.29) is 11.9 Å². The van der Waals surface area contributed by atoms with Crippen LogP contribution in [-0.4, -0.2) is 45.3 Å². The van der Waals surface area contributed by atoms with Crippen LogP contribution in [0.4, 0.5) is 4.39 Å². The fourth-order valence-corrected chi connectivity index (χ4v) is 3.52. The van der Waals surface area contributed by atoms with Crippen molar-refractivity contribution in [1.29, 1.82) is 0 Å². The average molecular weight is 344 g/mol. The van der Waals surface area contributed by atoms with Gasteiger partial charge in [0.15, 0.2) is 11.5 Å². The molecule has 0 aliphatic carbocycles. The molecule has 3 rings (SSSR count). The third-order valence-electron chi connectivity index (χ3n) is 4.63. The molecule has 1 heterocycles. The number of halogens is 1. The highest BCUT2D eigenvalue weighted by molar-refractivity contribution is 5.50. The van der Waals surface area contributed by atoms with Crippen LogP contribution in [0.5, 0.6) is 11.5 Å². The van der Waals surface area contributed by atoms with Gasteiger partial charge >= 0.3 is 0 Å². The molecule has 134 valence electrons. The van der Waals surface area contributed by atoms with Gasteiger partial charge in [-0.3, -0.25) is 4.90 Å². The first-order chi connectivity index (χ1) is 12.2. The van der Waals surface area contributed by atoms with Gasteiger partial charge in [-0.2, -0.15) is 0 Å². The molecule has 25 heavy (non-hydrogen) atoms. The fraction of sp³-hybridized carbons (Fsp3) is 0.400. The zero-order chi connectivity index (χ0) is 17.6. The molecule has 0 amide bonds. The first-order valence-corrected chi connectivity index (χ1v) is 8.65. The second kappa shape index (κ2) is 8.32. The number of nitrogens with zero attached hydrogens (tertiary/aromatic N) is 1. The van der Waals surface area contributed by atoms with E-state index in [0.29, 0.717) is 11.5 Å². The van der Waals surface area contributed by atoms with E-state index in [1.807, 2.05) is 24.3 Å². The quantitative estimate of drug-likeness (QED) is 0.903. The van der Waals surface area contributed by atoms with Crippen LogP contribution in [0.25, 0.3) is 0 Å². The predicted octanol–water partition coefficient (Wildman–Crippen LogP) is 3.23. The van der Waals surface area contributed by atoms with Gasteiger partial charge in [0.25, 0.3) is 0 Å². The van der Waals surface area contributed by atoms with Crippen LogP contribution in [0.3, 0.4) is 0 Å². The molecule has 0 bridgehead atoms. The number of para-hydroxylation sites is 1. The second-order valence-electron chi connectivity index (χ2n) is 6.18. The third-order valence-corrected chi connectivity index (χ3v) is 4.63. The maximum Gasteiger partial charge on any atom is 0.165 e. The Bertz CT molecular complexity index is 700. The largest absolute Gasteiger partial charge is 0.493 e. The molecule has 1 atom stereocenters. The fourth-order valence-electron chi connectivity index (χ4n) is 3.52. The average Bonchev–Trinajstić information content (AvgIpc) is 2.91. The number of ether oxygens (including phenoxy) is 2. The highest BCUT2D eigenvalue weighted by Crippen LogP contribution is 2.40. The summed E-state index contributed by atoms with van der Waals surface area (Å²) in [7, 11) is 3.28. The maximum absolute atomic E-state index is 13.9. The summed E-state index contributed by atoms with van der Waals surface area (Å²) < 4.78 is 25.1. The van der Waals surface area contributed by atoms with Gasteiger partial charge in [0.2, 0.25) is 0 Å². The summed E-state index contributed by atoms with van der Waals surface area (Å²) in [6, 6.07) is 12.6. The van der Waals surface area contributed by atoms with Crippen molar-refractivity contribution in [2.75, 3.05) is 40.4 Å². The van der Waals surface area contributed by atoms with E-state index in [1.54, 1.807) is 26.4 Å². The molecule has 1 aliphatic heterocycles. The smallest absolute Gasteiger partial charge is 0.165 e. The molecule has 1 aliphatic rings. The van der Waals surface area contributed by atoms with Crippen molar-refractivity contribution < 1.29 is 13.9 Å². The van der Waals surface area contributed by atoms with E-state index >= 15 is 0 Å². The highest BCUT2D eigenvalue weighted by atomic mass is 19.1. The monoisotopic (exact) mass is 344 g/mol. The van der Waals surface area contributed by atoms with E-state index < -0.39 is 0 Å². The third kappa shape index (κ3) is 3.94. The standard InChI is InChI=1S/C20H25FN2O2/c1-24-18-9-4-8-17(20(18)25-2)19(15-6-3-7-16(21)14-15)23-12-5-10-22-11-13-23/h3-4,6-9,14,19,22H,5,10-13H2,1-2H3. The first-order valence-electron chi connectivity index (χ1n) is 8.65. The molecule has 2 aromatic rings. The number of hydrogen-bond acceptors (Lipinski definition) is 4. The van der Waals surface area contributed by atoms with Crippen molar-refractivity contribution >= 4 is 0 Å². The Morgan fingerprint density at radius 3 is 2.64 bits per heavy atom. The van der Waals surface area contributed by atoms with Gasteiger partial charge in [-0.05, 0) is 36.7 Å². The molecule has 1 fully saturated rings. The van der Waals surface area contributed by atoms with Crippen LogP contribution in [0.2, 0.25) is 0 Å². The lowest BCUT2D eigenvalue weighted by Crippen LogP contribution is -2.33. The molecule has 1 N–H and O–H groups in total.